The summed E-state index contributed by atoms with van der Waals surface area (Å²) in [7, 11) is -4.79. The Balaban J connectivity index is 1.71. The fraction of sp³-hybridized carbons (Fsp3) is 0.846. The van der Waals surface area contributed by atoms with Gasteiger partial charge in [0.2, 0.25) is 5.91 Å². The van der Waals surface area contributed by atoms with E-state index in [0.29, 0.717) is 17.9 Å². The minimum Gasteiger partial charge on any atom is -0.351 e. The van der Waals surface area contributed by atoms with Gasteiger partial charge in [0.15, 0.2) is 0 Å². The number of rotatable bonds is 4. The molecule has 136 valence electrons. The van der Waals surface area contributed by atoms with E-state index in [9.17, 15) is 18.0 Å². The Bertz CT molecular complexity index is 620. The molecule has 2 unspecified atom stereocenters. The number of hydroxylamine groups is 2. The van der Waals surface area contributed by atoms with Crippen molar-refractivity contribution in [2.45, 2.75) is 56.8 Å². The Morgan fingerprint density at radius 1 is 1.29 bits per heavy atom. The molecule has 0 aromatic rings. The lowest BCUT2D eigenvalue weighted by atomic mass is 9.93. The Morgan fingerprint density at radius 3 is 2.58 bits per heavy atom. The van der Waals surface area contributed by atoms with Crippen LogP contribution in [-0.4, -0.2) is 72.1 Å². The molecule has 3 amide bonds. The van der Waals surface area contributed by atoms with Gasteiger partial charge in [0.1, 0.15) is 6.04 Å². The number of hydrogen-bond acceptors (Lipinski definition) is 6. The van der Waals surface area contributed by atoms with E-state index in [1.54, 1.807) is 6.92 Å². The van der Waals surface area contributed by atoms with Crippen molar-refractivity contribution in [1.82, 2.24) is 20.6 Å². The number of piperidine rings is 2. The van der Waals surface area contributed by atoms with Crippen molar-refractivity contribution in [1.29, 1.82) is 0 Å². The van der Waals surface area contributed by atoms with Gasteiger partial charge in [-0.05, 0) is 45.7 Å². The average molecular weight is 362 g/mol. The molecule has 0 aliphatic carbocycles. The van der Waals surface area contributed by atoms with E-state index < -0.39 is 28.5 Å². The first-order valence-electron chi connectivity index (χ1n) is 8.07. The van der Waals surface area contributed by atoms with Crippen LogP contribution < -0.4 is 10.6 Å². The Hall–Kier alpha value is -1.43. The second-order valence-electron chi connectivity index (χ2n) is 6.45. The molecule has 3 fully saturated rings. The van der Waals surface area contributed by atoms with Crippen molar-refractivity contribution < 1.29 is 26.8 Å². The third-order valence-corrected chi connectivity index (χ3v) is 5.29. The minimum absolute atomic E-state index is 0.0784. The van der Waals surface area contributed by atoms with Gasteiger partial charge >= 0.3 is 16.4 Å². The normalized spacial score (nSPS) is 31.4. The van der Waals surface area contributed by atoms with Crippen LogP contribution in [0, 0.1) is 0 Å². The van der Waals surface area contributed by atoms with Crippen molar-refractivity contribution in [3.8, 4) is 0 Å². The zero-order valence-corrected chi connectivity index (χ0v) is 14.2. The van der Waals surface area contributed by atoms with E-state index in [1.165, 1.54) is 4.90 Å². The number of nitrogens with one attached hydrogen (secondary N) is 2. The van der Waals surface area contributed by atoms with Crippen molar-refractivity contribution in [3.05, 3.63) is 0 Å². The van der Waals surface area contributed by atoms with Crippen LogP contribution in [0.2, 0.25) is 0 Å². The number of urea groups is 1. The minimum atomic E-state index is -4.79. The third kappa shape index (κ3) is 3.34. The highest BCUT2D eigenvalue weighted by Crippen LogP contribution is 2.35. The van der Waals surface area contributed by atoms with Gasteiger partial charge in [0.05, 0.1) is 12.1 Å². The second-order valence-corrected chi connectivity index (χ2v) is 7.46. The van der Waals surface area contributed by atoms with Gasteiger partial charge in [0.25, 0.3) is 0 Å². The number of carbonyl (C=O) groups excluding carboxylic acids is 2. The van der Waals surface area contributed by atoms with Crippen LogP contribution in [0.1, 0.15) is 32.6 Å². The first-order valence-corrected chi connectivity index (χ1v) is 9.44. The molecule has 11 heteroatoms. The smallest absolute Gasteiger partial charge is 0.351 e. The first kappa shape index (κ1) is 17.4. The Morgan fingerprint density at radius 2 is 1.96 bits per heavy atom. The van der Waals surface area contributed by atoms with Gasteiger partial charge in [0, 0.05) is 6.04 Å². The average Bonchev–Trinajstić information content (AvgIpc) is 2.65. The fourth-order valence-electron chi connectivity index (χ4n) is 3.76. The maximum absolute atomic E-state index is 12.6. The lowest BCUT2D eigenvalue weighted by Crippen LogP contribution is -2.56. The summed E-state index contributed by atoms with van der Waals surface area (Å²) in [4.78, 5) is 26.4. The van der Waals surface area contributed by atoms with Crippen LogP contribution in [0.4, 0.5) is 4.79 Å². The van der Waals surface area contributed by atoms with Crippen LogP contribution >= 0.6 is 0 Å². The summed E-state index contributed by atoms with van der Waals surface area (Å²) in [5, 5.41) is 6.86. The highest BCUT2D eigenvalue weighted by molar-refractivity contribution is 7.80. The quantitative estimate of drug-likeness (QED) is 0.561. The molecule has 0 aromatic heterocycles. The van der Waals surface area contributed by atoms with E-state index in [1.807, 2.05) is 0 Å². The van der Waals surface area contributed by atoms with Crippen LogP contribution in [-0.2, 0) is 19.5 Å². The maximum atomic E-state index is 12.6. The number of amides is 3. The molecule has 0 spiro atoms. The van der Waals surface area contributed by atoms with Gasteiger partial charge in [-0.15, -0.1) is 4.28 Å². The molecule has 3 atom stereocenters. The molecular weight excluding hydrogens is 340 g/mol. The molecule has 3 aliphatic rings. The van der Waals surface area contributed by atoms with E-state index in [-0.39, 0.29) is 18.0 Å². The molecule has 3 N–H and O–H groups in total. The van der Waals surface area contributed by atoms with Gasteiger partial charge in [-0.2, -0.15) is 13.5 Å². The highest BCUT2D eigenvalue weighted by Gasteiger charge is 2.53. The molecular formula is C13H22N4O6S. The summed E-state index contributed by atoms with van der Waals surface area (Å²) in [6.07, 6.45) is 2.51. The van der Waals surface area contributed by atoms with Crippen LogP contribution in [0.3, 0.4) is 0 Å². The first-order chi connectivity index (χ1) is 11.3. The van der Waals surface area contributed by atoms with Gasteiger partial charge in [-0.25, -0.2) is 4.79 Å². The van der Waals surface area contributed by atoms with E-state index in [2.05, 4.69) is 14.9 Å². The van der Waals surface area contributed by atoms with Gasteiger partial charge in [-0.1, -0.05) is 0 Å². The summed E-state index contributed by atoms with van der Waals surface area (Å²) in [5.41, 5.74) is 0. The van der Waals surface area contributed by atoms with Crippen LogP contribution in [0.5, 0.6) is 0 Å². The van der Waals surface area contributed by atoms with Gasteiger partial charge in [-0.3, -0.25) is 9.35 Å². The zero-order chi connectivity index (χ0) is 17.5. The summed E-state index contributed by atoms with van der Waals surface area (Å²) in [5.74, 6) is -0.228. The molecule has 3 saturated heterocycles. The predicted molar refractivity (Wildman–Crippen MR) is 82.0 cm³/mol. The van der Waals surface area contributed by atoms with E-state index in [4.69, 9.17) is 4.55 Å². The summed E-state index contributed by atoms with van der Waals surface area (Å²) >= 11 is 0. The Labute approximate surface area is 140 Å². The van der Waals surface area contributed by atoms with Gasteiger partial charge < -0.3 is 15.5 Å². The van der Waals surface area contributed by atoms with Crippen molar-refractivity contribution >= 4 is 22.3 Å². The molecule has 2 bridgehead atoms. The zero-order valence-electron chi connectivity index (χ0n) is 13.3. The Kier molecular flexibility index (Phi) is 4.69. The van der Waals surface area contributed by atoms with Crippen molar-refractivity contribution in [3.63, 3.8) is 0 Å². The number of nitrogens with zero attached hydrogens (tertiary/aromatic N) is 2. The van der Waals surface area contributed by atoms with Crippen LogP contribution in [0.15, 0.2) is 0 Å². The molecule has 3 aliphatic heterocycles. The lowest BCUT2D eigenvalue weighted by Gasteiger charge is -2.36. The summed E-state index contributed by atoms with van der Waals surface area (Å²) in [6, 6.07) is -2.18. The number of carbonyl (C=O) groups is 2. The summed E-state index contributed by atoms with van der Waals surface area (Å²) < 4.78 is 35.1. The van der Waals surface area contributed by atoms with E-state index in [0.717, 1.165) is 25.9 Å². The van der Waals surface area contributed by atoms with E-state index >= 15 is 0 Å². The topological polar surface area (TPSA) is 128 Å². The monoisotopic (exact) mass is 362 g/mol. The molecule has 3 heterocycles. The standard InChI is InChI=1S/C13H22N4O6S/c1-8-10-2-3-11(12(18)15-9-4-6-14-7-5-9)16(8)13(19)17(10)23-24(20,21)22/h8-11,14H,2-7H2,1H3,(H,15,18)(H,20,21,22)/t8-,10?,11?/m0/s1. The lowest BCUT2D eigenvalue weighted by molar-refractivity contribution is -0.127. The largest absolute Gasteiger partial charge is 0.418 e. The summed E-state index contributed by atoms with van der Waals surface area (Å²) in [6.45, 7) is 3.42. The predicted octanol–water partition coefficient (Wildman–Crippen LogP) is -0.754. The molecule has 0 radical (unpaired) electrons. The number of fused-ring (bicyclic) bond motifs is 2. The molecule has 10 nitrogen and oxygen atoms in total. The number of hydrogen-bond donors (Lipinski definition) is 3. The van der Waals surface area contributed by atoms with Crippen molar-refractivity contribution in [2.24, 2.45) is 0 Å². The second kappa shape index (κ2) is 6.47. The van der Waals surface area contributed by atoms with Crippen LogP contribution in [0.25, 0.3) is 0 Å². The fourth-order valence-corrected chi connectivity index (χ4v) is 4.14. The maximum Gasteiger partial charge on any atom is 0.418 e. The van der Waals surface area contributed by atoms with Crippen molar-refractivity contribution in [2.75, 3.05) is 13.1 Å². The SMILES string of the molecule is C[C@H]1C2CCC(C(=O)NC3CCNCC3)N1C(=O)N2OS(=O)(=O)O. The molecule has 3 rings (SSSR count). The molecule has 0 saturated carbocycles. The molecule has 24 heavy (non-hydrogen) atoms. The third-order valence-electron chi connectivity index (χ3n) is 4.94. The highest BCUT2D eigenvalue weighted by atomic mass is 32.3. The molecule has 0 aromatic carbocycles.